The van der Waals surface area contributed by atoms with Crippen LogP contribution in [0.1, 0.15) is 21.8 Å². The number of aromatic nitrogens is 3. The second-order valence-electron chi connectivity index (χ2n) is 7.51. The van der Waals surface area contributed by atoms with Crippen LogP contribution in [-0.4, -0.2) is 49.4 Å². The van der Waals surface area contributed by atoms with Crippen LogP contribution in [0.2, 0.25) is 4.34 Å². The molecule has 0 radical (unpaired) electrons. The van der Waals surface area contributed by atoms with Crippen LogP contribution in [0.15, 0.2) is 72.0 Å². The molecule has 0 spiro atoms. The molecule has 0 aliphatic carbocycles. The van der Waals surface area contributed by atoms with Crippen LogP contribution in [0.25, 0.3) is 11.4 Å². The van der Waals surface area contributed by atoms with Crippen LogP contribution in [-0.2, 0) is 6.42 Å². The summed E-state index contributed by atoms with van der Waals surface area (Å²) in [6, 6.07) is 13.5. The molecular formula is C24H22ClN3O5S. The second kappa shape index (κ2) is 10.8. The number of aliphatic hydroxyl groups excluding tert-OH is 2. The normalized spacial score (nSPS) is 12.0. The number of thiophene rings is 1. The first-order valence-electron chi connectivity index (χ1n) is 10.5. The second-order valence-corrected chi connectivity index (χ2v) is 9.22. The van der Waals surface area contributed by atoms with Gasteiger partial charge in [0.1, 0.15) is 18.5 Å². The topological polar surface area (TPSA) is 107 Å². The van der Waals surface area contributed by atoms with Gasteiger partial charge in [0.2, 0.25) is 0 Å². The summed E-state index contributed by atoms with van der Waals surface area (Å²) in [4.78, 5) is 29.6. The van der Waals surface area contributed by atoms with Gasteiger partial charge in [-0.25, -0.2) is 4.98 Å². The van der Waals surface area contributed by atoms with E-state index in [1.165, 1.54) is 22.0 Å². The number of carbonyl (C=O) groups is 1. The van der Waals surface area contributed by atoms with Gasteiger partial charge in [0.25, 0.3) is 5.56 Å². The third-order valence-electron chi connectivity index (χ3n) is 5.06. The highest BCUT2D eigenvalue weighted by Crippen LogP contribution is 2.27. The number of aliphatic hydroxyl groups is 2. The fraction of sp³-hybridized carbons (Fsp3) is 0.208. The first-order valence-corrected chi connectivity index (χ1v) is 11.7. The molecule has 10 heteroatoms. The number of ether oxygens (including phenoxy) is 1. The highest BCUT2D eigenvalue weighted by molar-refractivity contribution is 7.18. The molecule has 4 rings (SSSR count). The number of hydrogen-bond donors (Lipinski definition) is 2. The molecule has 176 valence electrons. The maximum atomic E-state index is 12.4. The van der Waals surface area contributed by atoms with Crippen molar-refractivity contribution in [1.82, 2.24) is 14.1 Å². The Morgan fingerprint density at radius 2 is 2.06 bits per heavy atom. The summed E-state index contributed by atoms with van der Waals surface area (Å²) in [6.45, 7) is -0.568. The maximum Gasteiger partial charge on any atom is 0.255 e. The summed E-state index contributed by atoms with van der Waals surface area (Å²) in [5.41, 5.74) is 1.75. The molecule has 0 aliphatic rings. The Balaban J connectivity index is 1.57. The highest BCUT2D eigenvalue weighted by Gasteiger charge is 2.14. The predicted octanol–water partition coefficient (Wildman–Crippen LogP) is 3.29. The van der Waals surface area contributed by atoms with E-state index in [9.17, 15) is 14.7 Å². The van der Waals surface area contributed by atoms with E-state index in [-0.39, 0.29) is 17.9 Å². The number of halogens is 1. The van der Waals surface area contributed by atoms with Crippen LogP contribution in [0.5, 0.6) is 5.75 Å². The van der Waals surface area contributed by atoms with Gasteiger partial charge < -0.3 is 19.5 Å². The van der Waals surface area contributed by atoms with Gasteiger partial charge >= 0.3 is 0 Å². The average Bonchev–Trinajstić information content (AvgIpc) is 3.50. The van der Waals surface area contributed by atoms with E-state index in [1.807, 2.05) is 0 Å². The van der Waals surface area contributed by atoms with Crippen molar-refractivity contribution >= 4 is 28.7 Å². The molecule has 0 saturated heterocycles. The molecule has 4 aromatic rings. The lowest BCUT2D eigenvalue weighted by molar-refractivity contribution is 0.0536. The zero-order valence-electron chi connectivity index (χ0n) is 18.0. The molecule has 0 aliphatic heterocycles. The van der Waals surface area contributed by atoms with Crippen LogP contribution in [0.3, 0.4) is 0 Å². The molecule has 0 saturated carbocycles. The van der Waals surface area contributed by atoms with Crippen molar-refractivity contribution in [3.63, 3.8) is 0 Å². The molecule has 0 bridgehead atoms. The standard InChI is InChI=1S/C24H22ClN3O5S/c25-23-9-8-22(34-23)20(31)7-4-16-12-27(15-26-16)19-6-5-17(28-10-2-1-3-24(28)32)11-21(19)33-14-18(30)13-29/h1-3,5-6,8-12,15,18,29-30H,4,7,13-14H2/t18-/m0/s1. The van der Waals surface area contributed by atoms with Gasteiger partial charge in [-0.2, -0.15) is 0 Å². The minimum atomic E-state index is -1.05. The molecule has 3 heterocycles. The average molecular weight is 500 g/mol. The van der Waals surface area contributed by atoms with E-state index >= 15 is 0 Å². The van der Waals surface area contributed by atoms with Crippen molar-refractivity contribution in [3.8, 4) is 17.1 Å². The monoisotopic (exact) mass is 499 g/mol. The lowest BCUT2D eigenvalue weighted by atomic mass is 10.1. The minimum absolute atomic E-state index is 0.00567. The SMILES string of the molecule is O=C(CCc1cn(-c2ccc(-n3ccccc3=O)cc2OC[C@@H](O)CO)cn1)c1ccc(Cl)s1. The molecule has 0 fully saturated rings. The van der Waals surface area contributed by atoms with Gasteiger partial charge in [0.15, 0.2) is 5.78 Å². The molecular weight excluding hydrogens is 478 g/mol. The van der Waals surface area contributed by atoms with Crippen molar-refractivity contribution in [2.75, 3.05) is 13.2 Å². The number of rotatable bonds is 10. The summed E-state index contributed by atoms with van der Waals surface area (Å²) in [5.74, 6) is 0.403. The Labute approximate surface area is 204 Å². The summed E-state index contributed by atoms with van der Waals surface area (Å²) in [7, 11) is 0. The first-order chi connectivity index (χ1) is 16.4. The van der Waals surface area contributed by atoms with E-state index in [4.69, 9.17) is 21.4 Å². The van der Waals surface area contributed by atoms with E-state index in [0.29, 0.717) is 39.2 Å². The van der Waals surface area contributed by atoms with E-state index in [1.54, 1.807) is 65.8 Å². The predicted molar refractivity (Wildman–Crippen MR) is 130 cm³/mol. The van der Waals surface area contributed by atoms with E-state index in [0.717, 1.165) is 5.69 Å². The quantitative estimate of drug-likeness (QED) is 0.324. The fourth-order valence-corrected chi connectivity index (χ4v) is 4.32. The molecule has 34 heavy (non-hydrogen) atoms. The van der Waals surface area contributed by atoms with Crippen LogP contribution in [0.4, 0.5) is 0 Å². The van der Waals surface area contributed by atoms with E-state index < -0.39 is 12.7 Å². The molecule has 1 aromatic carbocycles. The number of hydrogen-bond acceptors (Lipinski definition) is 7. The number of ketones is 1. The molecule has 0 unspecified atom stereocenters. The van der Waals surface area contributed by atoms with Crippen LogP contribution >= 0.6 is 22.9 Å². The highest BCUT2D eigenvalue weighted by atomic mass is 35.5. The van der Waals surface area contributed by atoms with Gasteiger partial charge in [-0.1, -0.05) is 17.7 Å². The number of imidazole rings is 1. The zero-order valence-corrected chi connectivity index (χ0v) is 19.6. The Morgan fingerprint density at radius 3 is 2.79 bits per heavy atom. The Morgan fingerprint density at radius 1 is 1.21 bits per heavy atom. The van der Waals surface area contributed by atoms with Crippen molar-refractivity contribution in [2.24, 2.45) is 0 Å². The molecule has 2 N–H and O–H groups in total. The van der Waals surface area contributed by atoms with Crippen LogP contribution < -0.4 is 10.3 Å². The third kappa shape index (κ3) is 5.63. The van der Waals surface area contributed by atoms with Crippen molar-refractivity contribution in [1.29, 1.82) is 0 Å². The minimum Gasteiger partial charge on any atom is -0.489 e. The van der Waals surface area contributed by atoms with Gasteiger partial charge in [-0.05, 0) is 36.8 Å². The summed E-state index contributed by atoms with van der Waals surface area (Å²) < 4.78 is 9.57. The molecule has 3 aromatic heterocycles. The lowest BCUT2D eigenvalue weighted by Gasteiger charge is -2.16. The van der Waals surface area contributed by atoms with E-state index in [2.05, 4.69) is 4.98 Å². The molecule has 0 amide bonds. The largest absolute Gasteiger partial charge is 0.489 e. The smallest absolute Gasteiger partial charge is 0.255 e. The summed E-state index contributed by atoms with van der Waals surface area (Å²) in [6.07, 6.45) is 4.77. The molecule has 8 nitrogen and oxygen atoms in total. The number of benzene rings is 1. The van der Waals surface area contributed by atoms with Crippen molar-refractivity contribution in [2.45, 2.75) is 18.9 Å². The number of pyridine rings is 1. The van der Waals surface area contributed by atoms with Gasteiger partial charge in [-0.15, -0.1) is 11.3 Å². The third-order valence-corrected chi connectivity index (χ3v) is 6.33. The Hall–Kier alpha value is -3.24. The van der Waals surface area contributed by atoms with Gasteiger partial charge in [-0.3, -0.25) is 14.2 Å². The van der Waals surface area contributed by atoms with Gasteiger partial charge in [0.05, 0.1) is 39.2 Å². The Bertz CT molecular complexity index is 1350. The lowest BCUT2D eigenvalue weighted by Crippen LogP contribution is -2.22. The number of nitrogens with zero attached hydrogens (tertiary/aromatic N) is 3. The number of Topliss-reactive ketones (excluding diaryl/α,β-unsaturated/α-hetero) is 1. The summed E-state index contributed by atoms with van der Waals surface area (Å²) >= 11 is 7.17. The summed E-state index contributed by atoms with van der Waals surface area (Å²) in [5, 5.41) is 18.9. The van der Waals surface area contributed by atoms with Crippen molar-refractivity contribution < 1.29 is 19.7 Å². The number of carbonyl (C=O) groups excluding carboxylic acids is 1. The zero-order chi connectivity index (χ0) is 24.1. The maximum absolute atomic E-state index is 12.4. The van der Waals surface area contributed by atoms with Gasteiger partial charge in [0, 0.05) is 30.9 Å². The van der Waals surface area contributed by atoms with Crippen molar-refractivity contribution in [3.05, 3.63) is 92.5 Å². The first kappa shape index (κ1) is 23.9. The van der Waals surface area contributed by atoms with Crippen LogP contribution in [0, 0.1) is 0 Å². The Kier molecular flexibility index (Phi) is 7.59. The fourth-order valence-electron chi connectivity index (χ4n) is 3.31. The molecule has 1 atom stereocenters. The number of aryl methyl sites for hydroxylation is 1.